The number of hydrogen-bond donors (Lipinski definition) is 2. The molecule has 7 nitrogen and oxygen atoms in total. The molecule has 2 N–H and O–H groups in total. The average Bonchev–Trinajstić information content (AvgIpc) is 2.65. The van der Waals surface area contributed by atoms with Crippen molar-refractivity contribution in [3.05, 3.63) is 29.8 Å². The van der Waals surface area contributed by atoms with E-state index in [9.17, 15) is 4.79 Å². The van der Waals surface area contributed by atoms with Gasteiger partial charge in [0, 0.05) is 40.4 Å². The van der Waals surface area contributed by atoms with Crippen molar-refractivity contribution >= 4 is 35.8 Å². The number of ether oxygens (including phenoxy) is 2. The molecule has 1 rings (SSSR count). The Kier molecular flexibility index (Phi) is 14.6. The Morgan fingerprint density at radius 2 is 1.81 bits per heavy atom. The molecule has 0 aliphatic heterocycles. The van der Waals surface area contributed by atoms with Crippen LogP contribution in [0.25, 0.3) is 0 Å². The van der Waals surface area contributed by atoms with Gasteiger partial charge in [0.15, 0.2) is 5.96 Å². The van der Waals surface area contributed by atoms with Crippen LogP contribution in [0.2, 0.25) is 0 Å². The first-order valence-electron chi connectivity index (χ1n) is 8.99. The summed E-state index contributed by atoms with van der Waals surface area (Å²) in [5, 5.41) is 6.52. The minimum atomic E-state index is -0.0319. The molecule has 0 saturated carbocycles. The average molecular weight is 492 g/mol. The van der Waals surface area contributed by atoms with Gasteiger partial charge in [-0.2, -0.15) is 0 Å². The van der Waals surface area contributed by atoms with Crippen LogP contribution in [0, 0.1) is 0 Å². The Balaban J connectivity index is 0.00000676. The van der Waals surface area contributed by atoms with Gasteiger partial charge in [-0.25, -0.2) is 4.99 Å². The topological polar surface area (TPSA) is 75.2 Å². The monoisotopic (exact) mass is 492 g/mol. The predicted octanol–water partition coefficient (Wildman–Crippen LogP) is 1.91. The van der Waals surface area contributed by atoms with Crippen molar-refractivity contribution in [2.24, 2.45) is 4.99 Å². The summed E-state index contributed by atoms with van der Waals surface area (Å²) in [7, 11) is 5.11. The lowest BCUT2D eigenvalue weighted by Gasteiger charge is -2.14. The maximum Gasteiger partial charge on any atom is 0.243 e. The molecular weight excluding hydrogens is 459 g/mol. The molecule has 0 fully saturated rings. The second-order valence-corrected chi connectivity index (χ2v) is 5.96. The number of halogens is 1. The summed E-state index contributed by atoms with van der Waals surface area (Å²) in [4.78, 5) is 17.6. The summed E-state index contributed by atoms with van der Waals surface area (Å²) < 4.78 is 10.5. The van der Waals surface area contributed by atoms with Crippen LogP contribution >= 0.6 is 24.0 Å². The van der Waals surface area contributed by atoms with Crippen LogP contribution in [-0.4, -0.2) is 70.8 Å². The summed E-state index contributed by atoms with van der Waals surface area (Å²) in [6.07, 6.45) is 1.74. The normalized spacial score (nSPS) is 10.7. The second kappa shape index (κ2) is 15.5. The molecule has 0 radical (unpaired) electrons. The molecule has 0 heterocycles. The maximum absolute atomic E-state index is 11.7. The van der Waals surface area contributed by atoms with Gasteiger partial charge in [0.25, 0.3) is 0 Å². The van der Waals surface area contributed by atoms with Gasteiger partial charge in [0.2, 0.25) is 5.91 Å². The van der Waals surface area contributed by atoms with E-state index in [1.54, 1.807) is 21.2 Å². The van der Waals surface area contributed by atoms with E-state index in [1.807, 2.05) is 31.2 Å². The number of nitrogens with one attached hydrogen (secondary N) is 2. The van der Waals surface area contributed by atoms with Gasteiger partial charge in [-0.1, -0.05) is 12.1 Å². The quantitative estimate of drug-likeness (QED) is 0.214. The number of rotatable bonds is 11. The molecule has 27 heavy (non-hydrogen) atoms. The fourth-order valence-electron chi connectivity index (χ4n) is 2.11. The van der Waals surface area contributed by atoms with Gasteiger partial charge >= 0.3 is 0 Å². The number of hydrogen-bond acceptors (Lipinski definition) is 4. The van der Waals surface area contributed by atoms with E-state index in [-0.39, 0.29) is 36.4 Å². The number of benzene rings is 1. The minimum Gasteiger partial charge on any atom is -0.497 e. The molecule has 0 unspecified atom stereocenters. The van der Waals surface area contributed by atoms with Gasteiger partial charge < -0.3 is 25.0 Å². The Morgan fingerprint density at radius 1 is 1.15 bits per heavy atom. The van der Waals surface area contributed by atoms with Crippen LogP contribution in [0.4, 0.5) is 0 Å². The molecule has 0 atom stereocenters. The minimum absolute atomic E-state index is 0. The third kappa shape index (κ3) is 11.7. The highest BCUT2D eigenvalue weighted by molar-refractivity contribution is 14.0. The van der Waals surface area contributed by atoms with Gasteiger partial charge in [-0.05, 0) is 37.5 Å². The Morgan fingerprint density at radius 3 is 2.41 bits per heavy atom. The van der Waals surface area contributed by atoms with Crippen LogP contribution in [0.3, 0.4) is 0 Å². The van der Waals surface area contributed by atoms with Gasteiger partial charge in [0.1, 0.15) is 12.3 Å². The Labute approximate surface area is 179 Å². The van der Waals surface area contributed by atoms with Crippen molar-refractivity contribution < 1.29 is 14.3 Å². The van der Waals surface area contributed by atoms with Crippen LogP contribution < -0.4 is 15.4 Å². The second-order valence-electron chi connectivity index (χ2n) is 5.96. The highest BCUT2D eigenvalue weighted by Crippen LogP contribution is 2.11. The fraction of sp³-hybridized carbons (Fsp3) is 0.579. The number of aliphatic imine (C=N–C) groups is 1. The lowest BCUT2D eigenvalue weighted by molar-refractivity contribution is -0.127. The molecule has 0 bridgehead atoms. The van der Waals surface area contributed by atoms with Crippen molar-refractivity contribution in [1.82, 2.24) is 15.5 Å². The van der Waals surface area contributed by atoms with Crippen LogP contribution in [-0.2, 0) is 16.0 Å². The van der Waals surface area contributed by atoms with Crippen molar-refractivity contribution in [2.75, 3.05) is 54.1 Å². The largest absolute Gasteiger partial charge is 0.497 e. The lowest BCUT2D eigenvalue weighted by Crippen LogP contribution is -2.40. The zero-order chi connectivity index (χ0) is 19.2. The summed E-state index contributed by atoms with van der Waals surface area (Å²) in [6, 6.07) is 7.99. The highest BCUT2D eigenvalue weighted by Gasteiger charge is 2.04. The van der Waals surface area contributed by atoms with E-state index in [0.29, 0.717) is 12.6 Å². The molecule has 0 spiro atoms. The maximum atomic E-state index is 11.7. The fourth-order valence-corrected chi connectivity index (χ4v) is 2.11. The molecule has 1 amide bonds. The molecule has 1 aromatic carbocycles. The lowest BCUT2D eigenvalue weighted by atomic mass is 10.1. The van der Waals surface area contributed by atoms with E-state index in [0.717, 1.165) is 38.3 Å². The van der Waals surface area contributed by atoms with Crippen LogP contribution in [0.15, 0.2) is 29.3 Å². The van der Waals surface area contributed by atoms with E-state index in [4.69, 9.17) is 9.47 Å². The molecule has 0 aliphatic carbocycles. The van der Waals surface area contributed by atoms with Crippen molar-refractivity contribution in [3.63, 3.8) is 0 Å². The Bertz CT molecular complexity index is 550. The summed E-state index contributed by atoms with van der Waals surface area (Å²) >= 11 is 0. The molecule has 8 heteroatoms. The zero-order valence-corrected chi connectivity index (χ0v) is 19.1. The summed E-state index contributed by atoms with van der Waals surface area (Å²) in [5.41, 5.74) is 1.21. The third-order valence-corrected chi connectivity index (χ3v) is 3.70. The van der Waals surface area contributed by atoms with E-state index in [1.165, 1.54) is 10.5 Å². The molecule has 154 valence electrons. The predicted molar refractivity (Wildman–Crippen MR) is 120 cm³/mol. The SMILES string of the molecule is CCOCCCNC(=NCC(=O)N(C)C)NCCc1ccc(OC)cc1.I. The first-order chi connectivity index (χ1) is 12.6. The van der Waals surface area contributed by atoms with E-state index < -0.39 is 0 Å². The van der Waals surface area contributed by atoms with Crippen molar-refractivity contribution in [2.45, 2.75) is 19.8 Å². The van der Waals surface area contributed by atoms with Crippen LogP contribution in [0.1, 0.15) is 18.9 Å². The number of methoxy groups -OCH3 is 1. The van der Waals surface area contributed by atoms with Crippen molar-refractivity contribution in [1.29, 1.82) is 0 Å². The number of nitrogens with zero attached hydrogens (tertiary/aromatic N) is 2. The number of guanidine groups is 1. The van der Waals surface area contributed by atoms with Gasteiger partial charge in [-0.3, -0.25) is 4.79 Å². The van der Waals surface area contributed by atoms with Crippen LogP contribution in [0.5, 0.6) is 5.75 Å². The summed E-state index contributed by atoms with van der Waals surface area (Å²) in [5.74, 6) is 1.46. The first kappa shape index (κ1) is 25.4. The number of carbonyl (C=O) groups excluding carboxylic acids is 1. The standard InChI is InChI=1S/C19H32N4O3.HI/c1-5-26-14-6-12-20-19(22-15-18(24)23(2)3)21-13-11-16-7-9-17(25-4)10-8-16;/h7-10H,5-6,11-15H2,1-4H3,(H2,20,21,22);1H. The van der Waals surface area contributed by atoms with Crippen molar-refractivity contribution in [3.8, 4) is 5.75 Å². The Hall–Kier alpha value is -1.55. The molecule has 1 aromatic rings. The first-order valence-corrected chi connectivity index (χ1v) is 8.99. The molecular formula is C19H33IN4O3. The molecule has 0 saturated heterocycles. The van der Waals surface area contributed by atoms with E-state index >= 15 is 0 Å². The highest BCUT2D eigenvalue weighted by atomic mass is 127. The number of likely N-dealkylation sites (N-methyl/N-ethyl adjacent to an activating group) is 1. The molecule has 0 aromatic heterocycles. The smallest absolute Gasteiger partial charge is 0.243 e. The van der Waals surface area contributed by atoms with Gasteiger partial charge in [-0.15, -0.1) is 24.0 Å². The van der Waals surface area contributed by atoms with E-state index in [2.05, 4.69) is 15.6 Å². The van der Waals surface area contributed by atoms with Gasteiger partial charge in [0.05, 0.1) is 7.11 Å². The number of carbonyl (C=O) groups is 1. The third-order valence-electron chi connectivity index (χ3n) is 3.70. The number of amides is 1. The zero-order valence-electron chi connectivity index (χ0n) is 16.8. The summed E-state index contributed by atoms with van der Waals surface area (Å²) in [6.45, 7) is 4.99. The molecule has 0 aliphatic rings.